The number of anilines is 1. The van der Waals surface area contributed by atoms with Crippen molar-refractivity contribution in [3.63, 3.8) is 0 Å². The van der Waals surface area contributed by atoms with Crippen LogP contribution in [0.25, 0.3) is 0 Å². The Morgan fingerprint density at radius 2 is 1.79 bits per heavy atom. The average Bonchev–Trinajstić information content (AvgIpc) is 2.40. The summed E-state index contributed by atoms with van der Waals surface area (Å²) in [5, 5.41) is 8.69. The van der Waals surface area contributed by atoms with E-state index in [0.717, 1.165) is 6.20 Å². The Morgan fingerprint density at radius 1 is 1.11 bits per heavy atom. The number of carbonyl (C=O) groups is 1. The van der Waals surface area contributed by atoms with E-state index in [1.165, 1.54) is 24.3 Å². The van der Waals surface area contributed by atoms with E-state index in [1.54, 1.807) is 18.2 Å². The molecule has 0 spiro atoms. The number of pyridine rings is 1. The fraction of sp³-hybridized carbons (Fsp3) is 0. The van der Waals surface area contributed by atoms with E-state index in [4.69, 9.17) is 5.11 Å². The minimum atomic E-state index is -3.68. The summed E-state index contributed by atoms with van der Waals surface area (Å²) < 4.78 is 26.2. The Balaban J connectivity index is 2.24. The number of nitrogens with one attached hydrogen (secondary N) is 1. The van der Waals surface area contributed by atoms with Gasteiger partial charge in [-0.05, 0) is 24.3 Å². The van der Waals surface area contributed by atoms with Gasteiger partial charge in [0.15, 0.2) is 0 Å². The van der Waals surface area contributed by atoms with Crippen molar-refractivity contribution in [2.75, 3.05) is 4.72 Å². The topological polar surface area (TPSA) is 96.4 Å². The quantitative estimate of drug-likeness (QED) is 0.885. The monoisotopic (exact) mass is 278 g/mol. The number of carboxylic acids is 1. The summed E-state index contributed by atoms with van der Waals surface area (Å²) in [4.78, 5) is 14.4. The van der Waals surface area contributed by atoms with Gasteiger partial charge in [-0.15, -0.1) is 0 Å². The van der Waals surface area contributed by atoms with Gasteiger partial charge in [-0.3, -0.25) is 4.72 Å². The Bertz CT molecular complexity index is 681. The maximum atomic E-state index is 12.0. The normalized spacial score (nSPS) is 10.9. The summed E-state index contributed by atoms with van der Waals surface area (Å²) in [6.45, 7) is 0. The molecule has 1 aromatic heterocycles. The third kappa shape index (κ3) is 3.08. The fourth-order valence-corrected chi connectivity index (χ4v) is 2.46. The molecule has 1 heterocycles. The van der Waals surface area contributed by atoms with Crippen LogP contribution in [0.3, 0.4) is 0 Å². The van der Waals surface area contributed by atoms with Crippen LogP contribution in [0.5, 0.6) is 0 Å². The van der Waals surface area contributed by atoms with Crippen molar-refractivity contribution in [1.82, 2.24) is 4.98 Å². The van der Waals surface area contributed by atoms with E-state index in [1.807, 2.05) is 0 Å². The number of rotatable bonds is 4. The SMILES string of the molecule is O=C(O)c1ccc(NS(=O)(=O)c2ccccc2)cn1. The number of hydrogen-bond donors (Lipinski definition) is 2. The van der Waals surface area contributed by atoms with Crippen molar-refractivity contribution in [2.24, 2.45) is 0 Å². The smallest absolute Gasteiger partial charge is 0.354 e. The second kappa shape index (κ2) is 5.07. The molecule has 0 bridgehead atoms. The van der Waals surface area contributed by atoms with E-state index in [9.17, 15) is 13.2 Å². The lowest BCUT2D eigenvalue weighted by molar-refractivity contribution is 0.0690. The van der Waals surface area contributed by atoms with E-state index >= 15 is 0 Å². The molecular formula is C12H10N2O4S. The molecule has 2 N–H and O–H groups in total. The van der Waals surface area contributed by atoms with Crippen molar-refractivity contribution >= 4 is 21.7 Å². The van der Waals surface area contributed by atoms with Crippen LogP contribution in [-0.4, -0.2) is 24.5 Å². The number of aromatic nitrogens is 1. The third-order valence-corrected chi connectivity index (χ3v) is 3.69. The molecule has 0 radical (unpaired) electrons. The second-order valence-electron chi connectivity index (χ2n) is 3.66. The highest BCUT2D eigenvalue weighted by Gasteiger charge is 2.13. The predicted octanol–water partition coefficient (Wildman–Crippen LogP) is 1.58. The second-order valence-corrected chi connectivity index (χ2v) is 5.34. The van der Waals surface area contributed by atoms with Crippen molar-refractivity contribution in [2.45, 2.75) is 4.90 Å². The van der Waals surface area contributed by atoms with E-state index in [-0.39, 0.29) is 16.3 Å². The minimum absolute atomic E-state index is 0.123. The van der Waals surface area contributed by atoms with Crippen molar-refractivity contribution in [1.29, 1.82) is 0 Å². The molecule has 6 nitrogen and oxygen atoms in total. The zero-order chi connectivity index (χ0) is 13.9. The summed E-state index contributed by atoms with van der Waals surface area (Å²) in [5.41, 5.74) is 0.0523. The van der Waals surface area contributed by atoms with Gasteiger partial charge in [0.2, 0.25) is 0 Å². The molecule has 0 aliphatic heterocycles. The molecule has 0 unspecified atom stereocenters. The van der Waals surface area contributed by atoms with Crippen molar-refractivity contribution in [3.8, 4) is 0 Å². The molecule has 7 heteroatoms. The molecule has 0 saturated heterocycles. The lowest BCUT2D eigenvalue weighted by Gasteiger charge is -2.07. The number of carboxylic acid groups (broad SMARTS) is 1. The minimum Gasteiger partial charge on any atom is -0.477 e. The summed E-state index contributed by atoms with van der Waals surface area (Å²) in [6, 6.07) is 10.4. The molecule has 0 fully saturated rings. The van der Waals surface area contributed by atoms with Crippen molar-refractivity contribution < 1.29 is 18.3 Å². The molecule has 0 amide bonds. The zero-order valence-electron chi connectivity index (χ0n) is 9.65. The Labute approximate surface area is 109 Å². The van der Waals surface area contributed by atoms with Gasteiger partial charge in [0.1, 0.15) is 5.69 Å². The van der Waals surface area contributed by atoms with Crippen LogP contribution in [0, 0.1) is 0 Å². The van der Waals surface area contributed by atoms with Crippen LogP contribution in [0.15, 0.2) is 53.6 Å². The Kier molecular flexibility index (Phi) is 3.48. The fourth-order valence-electron chi connectivity index (χ4n) is 1.39. The third-order valence-electron chi connectivity index (χ3n) is 2.29. The van der Waals surface area contributed by atoms with Crippen LogP contribution in [0.2, 0.25) is 0 Å². The number of sulfonamides is 1. The van der Waals surface area contributed by atoms with Gasteiger partial charge >= 0.3 is 5.97 Å². The Morgan fingerprint density at radius 3 is 2.32 bits per heavy atom. The van der Waals surface area contributed by atoms with Crippen LogP contribution in [0.1, 0.15) is 10.5 Å². The van der Waals surface area contributed by atoms with Gasteiger partial charge in [-0.25, -0.2) is 18.2 Å². The van der Waals surface area contributed by atoms with E-state index < -0.39 is 16.0 Å². The number of benzene rings is 1. The molecule has 19 heavy (non-hydrogen) atoms. The number of aromatic carboxylic acids is 1. The molecule has 2 rings (SSSR count). The van der Waals surface area contributed by atoms with Gasteiger partial charge in [-0.2, -0.15) is 0 Å². The summed E-state index contributed by atoms with van der Waals surface area (Å²) in [6.07, 6.45) is 1.16. The summed E-state index contributed by atoms with van der Waals surface area (Å²) in [7, 11) is -3.68. The van der Waals surface area contributed by atoms with Crippen LogP contribution < -0.4 is 4.72 Å². The highest BCUT2D eigenvalue weighted by Crippen LogP contribution is 2.14. The first kappa shape index (κ1) is 13.0. The number of hydrogen-bond acceptors (Lipinski definition) is 4. The molecule has 0 atom stereocenters. The first-order valence-electron chi connectivity index (χ1n) is 5.26. The van der Waals surface area contributed by atoms with Gasteiger partial charge in [0.05, 0.1) is 16.8 Å². The predicted molar refractivity (Wildman–Crippen MR) is 68.4 cm³/mol. The molecular weight excluding hydrogens is 268 g/mol. The maximum absolute atomic E-state index is 12.0. The van der Waals surface area contributed by atoms with Gasteiger partial charge in [0.25, 0.3) is 10.0 Å². The first-order valence-corrected chi connectivity index (χ1v) is 6.74. The van der Waals surface area contributed by atoms with Crippen molar-refractivity contribution in [3.05, 3.63) is 54.4 Å². The van der Waals surface area contributed by atoms with Gasteiger partial charge < -0.3 is 5.11 Å². The van der Waals surface area contributed by atoms with Gasteiger partial charge in [0, 0.05) is 0 Å². The largest absolute Gasteiger partial charge is 0.477 e. The van der Waals surface area contributed by atoms with E-state index in [0.29, 0.717) is 0 Å². The summed E-state index contributed by atoms with van der Waals surface area (Å²) >= 11 is 0. The molecule has 98 valence electrons. The lowest BCUT2D eigenvalue weighted by atomic mass is 10.3. The van der Waals surface area contributed by atoms with Crippen LogP contribution in [0.4, 0.5) is 5.69 Å². The maximum Gasteiger partial charge on any atom is 0.354 e. The highest BCUT2D eigenvalue weighted by atomic mass is 32.2. The first-order chi connectivity index (χ1) is 8.99. The molecule has 0 saturated carbocycles. The molecule has 2 aromatic rings. The zero-order valence-corrected chi connectivity index (χ0v) is 10.5. The number of nitrogens with zero attached hydrogens (tertiary/aromatic N) is 1. The van der Waals surface area contributed by atoms with Gasteiger partial charge in [-0.1, -0.05) is 18.2 Å². The molecule has 0 aliphatic rings. The standard InChI is InChI=1S/C12H10N2O4S/c15-12(16)11-7-6-9(8-13-11)14-19(17,18)10-4-2-1-3-5-10/h1-8,14H,(H,15,16). The average molecular weight is 278 g/mol. The molecule has 0 aliphatic carbocycles. The summed E-state index contributed by atoms with van der Waals surface area (Å²) in [5.74, 6) is -1.17. The van der Waals surface area contributed by atoms with Crippen LogP contribution >= 0.6 is 0 Å². The Hall–Kier alpha value is -2.41. The lowest BCUT2D eigenvalue weighted by Crippen LogP contribution is -2.13. The van der Waals surface area contributed by atoms with Crippen LogP contribution in [-0.2, 0) is 10.0 Å². The van der Waals surface area contributed by atoms with E-state index in [2.05, 4.69) is 9.71 Å². The highest BCUT2D eigenvalue weighted by molar-refractivity contribution is 7.92. The molecule has 1 aromatic carbocycles.